The van der Waals surface area contributed by atoms with Gasteiger partial charge in [-0.25, -0.2) is 0 Å². The lowest BCUT2D eigenvalue weighted by molar-refractivity contribution is 0.218. The summed E-state index contributed by atoms with van der Waals surface area (Å²) in [6, 6.07) is 15.2. The van der Waals surface area contributed by atoms with Crippen LogP contribution >= 0.6 is 0 Å². The molecule has 22 heavy (non-hydrogen) atoms. The van der Waals surface area contributed by atoms with Crippen molar-refractivity contribution >= 4 is 5.82 Å². The quantitative estimate of drug-likeness (QED) is 0.921. The molecule has 4 nitrogen and oxygen atoms in total. The Hall–Kier alpha value is -1.94. The van der Waals surface area contributed by atoms with E-state index in [2.05, 4.69) is 50.7 Å². The van der Waals surface area contributed by atoms with E-state index in [1.807, 2.05) is 19.1 Å². The highest BCUT2D eigenvalue weighted by molar-refractivity contribution is 5.34. The van der Waals surface area contributed by atoms with Crippen molar-refractivity contribution in [1.82, 2.24) is 15.1 Å². The molecule has 1 saturated heterocycles. The number of nitrogens with one attached hydrogen (secondary N) is 1. The summed E-state index contributed by atoms with van der Waals surface area (Å²) in [7, 11) is 0. The third-order valence-corrected chi connectivity index (χ3v) is 4.21. The summed E-state index contributed by atoms with van der Waals surface area (Å²) in [5, 5.41) is 11.8. The number of nitrogens with zero attached hydrogens (tertiary/aromatic N) is 3. The van der Waals surface area contributed by atoms with E-state index in [9.17, 15) is 0 Å². The van der Waals surface area contributed by atoms with Crippen molar-refractivity contribution in [1.29, 1.82) is 0 Å². The van der Waals surface area contributed by atoms with Gasteiger partial charge >= 0.3 is 0 Å². The zero-order valence-corrected chi connectivity index (χ0v) is 13.2. The van der Waals surface area contributed by atoms with Crippen LogP contribution in [0.15, 0.2) is 42.5 Å². The van der Waals surface area contributed by atoms with Crippen LogP contribution in [0.5, 0.6) is 0 Å². The van der Waals surface area contributed by atoms with Gasteiger partial charge in [0.1, 0.15) is 5.82 Å². The number of likely N-dealkylation sites (tertiary alicyclic amines) is 1. The molecular weight excluding hydrogens is 272 g/mol. The second kappa shape index (κ2) is 7.36. The molecule has 0 saturated carbocycles. The Bertz CT molecular complexity index is 567. The SMILES string of the molecule is Cc1ccc(N[C@@H]2CCCN(CCc3ccccc3)C2)nn1. The lowest BCUT2D eigenvalue weighted by atomic mass is 10.0. The summed E-state index contributed by atoms with van der Waals surface area (Å²) in [6.45, 7) is 5.37. The highest BCUT2D eigenvalue weighted by Gasteiger charge is 2.19. The van der Waals surface area contributed by atoms with Gasteiger partial charge in [0.05, 0.1) is 5.69 Å². The van der Waals surface area contributed by atoms with E-state index in [0.717, 1.165) is 31.0 Å². The number of anilines is 1. The maximum Gasteiger partial charge on any atom is 0.148 e. The first-order chi connectivity index (χ1) is 10.8. The first kappa shape index (κ1) is 15.0. The summed E-state index contributed by atoms with van der Waals surface area (Å²) >= 11 is 0. The summed E-state index contributed by atoms with van der Waals surface area (Å²) in [5.41, 5.74) is 2.38. The third-order valence-electron chi connectivity index (χ3n) is 4.21. The highest BCUT2D eigenvalue weighted by atomic mass is 15.2. The van der Waals surface area contributed by atoms with Crippen LogP contribution < -0.4 is 5.32 Å². The van der Waals surface area contributed by atoms with Gasteiger partial charge in [-0.15, -0.1) is 5.10 Å². The van der Waals surface area contributed by atoms with E-state index in [1.54, 1.807) is 0 Å². The van der Waals surface area contributed by atoms with Gasteiger partial charge in [-0.2, -0.15) is 5.10 Å². The summed E-state index contributed by atoms with van der Waals surface area (Å²) in [4.78, 5) is 2.55. The van der Waals surface area contributed by atoms with E-state index >= 15 is 0 Å². The van der Waals surface area contributed by atoms with Crippen LogP contribution in [0.1, 0.15) is 24.1 Å². The molecule has 0 spiro atoms. The molecule has 3 rings (SSSR count). The molecule has 1 fully saturated rings. The molecule has 2 heterocycles. The Kier molecular flexibility index (Phi) is 5.01. The molecule has 2 aromatic rings. The van der Waals surface area contributed by atoms with E-state index in [0.29, 0.717) is 6.04 Å². The molecular formula is C18H24N4. The fraction of sp³-hybridized carbons (Fsp3) is 0.444. The predicted octanol–water partition coefficient (Wildman–Crippen LogP) is 2.90. The smallest absolute Gasteiger partial charge is 0.148 e. The van der Waals surface area contributed by atoms with Gasteiger partial charge in [-0.3, -0.25) is 0 Å². The van der Waals surface area contributed by atoms with Crippen molar-refractivity contribution in [2.75, 3.05) is 25.0 Å². The Morgan fingerprint density at radius 1 is 1.14 bits per heavy atom. The lowest BCUT2D eigenvalue weighted by Crippen LogP contribution is -2.43. The summed E-state index contributed by atoms with van der Waals surface area (Å²) < 4.78 is 0. The van der Waals surface area contributed by atoms with Crippen molar-refractivity contribution < 1.29 is 0 Å². The third kappa shape index (κ3) is 4.28. The molecule has 0 bridgehead atoms. The summed E-state index contributed by atoms with van der Waals surface area (Å²) in [6.07, 6.45) is 3.57. The van der Waals surface area contributed by atoms with Crippen LogP contribution in [0.2, 0.25) is 0 Å². The topological polar surface area (TPSA) is 41.0 Å². The van der Waals surface area contributed by atoms with E-state index < -0.39 is 0 Å². The predicted molar refractivity (Wildman–Crippen MR) is 90.0 cm³/mol. The Labute approximate surface area is 132 Å². The lowest BCUT2D eigenvalue weighted by Gasteiger charge is -2.33. The second-order valence-electron chi connectivity index (χ2n) is 6.08. The molecule has 0 unspecified atom stereocenters. The minimum Gasteiger partial charge on any atom is -0.365 e. The van der Waals surface area contributed by atoms with Gasteiger partial charge < -0.3 is 10.2 Å². The normalized spacial score (nSPS) is 19.0. The maximum atomic E-state index is 4.21. The number of rotatable bonds is 5. The maximum absolute atomic E-state index is 4.21. The number of aryl methyl sites for hydroxylation is 1. The molecule has 1 aromatic carbocycles. The van der Waals surface area contributed by atoms with Gasteiger partial charge in [0.15, 0.2) is 0 Å². The van der Waals surface area contributed by atoms with Crippen LogP contribution in [0.25, 0.3) is 0 Å². The highest BCUT2D eigenvalue weighted by Crippen LogP contribution is 2.15. The van der Waals surface area contributed by atoms with E-state index in [-0.39, 0.29) is 0 Å². The summed E-state index contributed by atoms with van der Waals surface area (Å²) in [5.74, 6) is 0.889. The van der Waals surface area contributed by atoms with Crippen LogP contribution in [0.3, 0.4) is 0 Å². The molecule has 0 aliphatic carbocycles. The van der Waals surface area contributed by atoms with E-state index in [1.165, 1.54) is 24.9 Å². The van der Waals surface area contributed by atoms with Gasteiger partial charge in [0.25, 0.3) is 0 Å². The van der Waals surface area contributed by atoms with Crippen molar-refractivity contribution in [2.24, 2.45) is 0 Å². The standard InChI is InChI=1S/C18H24N4/c1-15-9-10-18(21-20-15)19-17-8-5-12-22(14-17)13-11-16-6-3-2-4-7-16/h2-4,6-7,9-10,17H,5,8,11-14H2,1H3,(H,19,21)/t17-/m1/s1. The first-order valence-corrected chi connectivity index (χ1v) is 8.13. The Morgan fingerprint density at radius 3 is 2.77 bits per heavy atom. The monoisotopic (exact) mass is 296 g/mol. The average molecular weight is 296 g/mol. The van der Waals surface area contributed by atoms with E-state index in [4.69, 9.17) is 0 Å². The number of hydrogen-bond acceptors (Lipinski definition) is 4. The number of benzene rings is 1. The van der Waals surface area contributed by atoms with Gasteiger partial charge in [0, 0.05) is 19.1 Å². The van der Waals surface area contributed by atoms with Crippen LogP contribution in [-0.4, -0.2) is 40.8 Å². The zero-order valence-electron chi connectivity index (χ0n) is 13.2. The van der Waals surface area contributed by atoms with Gasteiger partial charge in [-0.05, 0) is 50.4 Å². The molecule has 1 aromatic heterocycles. The molecule has 0 radical (unpaired) electrons. The molecule has 0 amide bonds. The van der Waals surface area contributed by atoms with Crippen molar-refractivity contribution in [3.05, 3.63) is 53.7 Å². The zero-order chi connectivity index (χ0) is 15.2. The van der Waals surface area contributed by atoms with Crippen molar-refractivity contribution in [2.45, 2.75) is 32.2 Å². The van der Waals surface area contributed by atoms with Crippen LogP contribution in [0, 0.1) is 6.92 Å². The Morgan fingerprint density at radius 2 is 2.00 bits per heavy atom. The van der Waals surface area contributed by atoms with Gasteiger partial charge in [0.2, 0.25) is 0 Å². The molecule has 4 heteroatoms. The van der Waals surface area contributed by atoms with Crippen LogP contribution in [-0.2, 0) is 6.42 Å². The Balaban J connectivity index is 1.49. The fourth-order valence-electron chi connectivity index (χ4n) is 2.99. The number of aromatic nitrogens is 2. The average Bonchev–Trinajstić information content (AvgIpc) is 2.57. The first-order valence-electron chi connectivity index (χ1n) is 8.13. The minimum absolute atomic E-state index is 0.474. The number of hydrogen-bond donors (Lipinski definition) is 1. The van der Waals surface area contributed by atoms with Crippen LogP contribution in [0.4, 0.5) is 5.82 Å². The molecule has 1 N–H and O–H groups in total. The largest absolute Gasteiger partial charge is 0.365 e. The van der Waals surface area contributed by atoms with Crippen molar-refractivity contribution in [3.8, 4) is 0 Å². The minimum atomic E-state index is 0.474. The van der Waals surface area contributed by atoms with Gasteiger partial charge in [-0.1, -0.05) is 30.3 Å². The fourth-order valence-corrected chi connectivity index (χ4v) is 2.99. The second-order valence-corrected chi connectivity index (χ2v) is 6.08. The van der Waals surface area contributed by atoms with Crippen molar-refractivity contribution in [3.63, 3.8) is 0 Å². The molecule has 1 aliphatic heterocycles. The molecule has 1 aliphatic rings. The molecule has 1 atom stereocenters. The molecule has 116 valence electrons. The number of piperidine rings is 1.